The van der Waals surface area contributed by atoms with E-state index in [4.69, 9.17) is 9.84 Å². The van der Waals surface area contributed by atoms with Crippen LogP contribution in [0.5, 0.6) is 0 Å². The lowest BCUT2D eigenvalue weighted by atomic mass is 10.1. The maximum absolute atomic E-state index is 12.2. The molecule has 2 heterocycles. The van der Waals surface area contributed by atoms with Crippen molar-refractivity contribution in [1.82, 2.24) is 4.90 Å². The highest BCUT2D eigenvalue weighted by Crippen LogP contribution is 2.35. The number of ether oxygens (including phenoxy) is 1. The molecule has 2 atom stereocenters. The Hall–Kier alpha value is -2.24. The largest absolute Gasteiger partial charge is 0.478 e. The topological polar surface area (TPSA) is 70.1 Å². The van der Waals surface area contributed by atoms with Gasteiger partial charge in [-0.05, 0) is 51.5 Å². The third-order valence-corrected chi connectivity index (χ3v) is 4.31. The number of amides is 1. The Morgan fingerprint density at radius 2 is 1.78 bits per heavy atom. The number of hydrogen-bond donors (Lipinski definition) is 1. The molecule has 2 fully saturated rings. The highest BCUT2D eigenvalue weighted by molar-refractivity contribution is 5.88. The molecule has 23 heavy (non-hydrogen) atoms. The number of fused-ring (bicyclic) bond motifs is 2. The highest BCUT2D eigenvalue weighted by Gasteiger charge is 2.46. The van der Waals surface area contributed by atoms with E-state index in [1.807, 2.05) is 37.8 Å². The molecule has 1 aromatic carbocycles. The van der Waals surface area contributed by atoms with Crippen LogP contribution in [0.3, 0.4) is 0 Å². The van der Waals surface area contributed by atoms with Crippen LogP contribution in [0.4, 0.5) is 10.5 Å². The molecule has 0 aliphatic carbocycles. The first-order chi connectivity index (χ1) is 10.7. The third-order valence-electron chi connectivity index (χ3n) is 4.31. The smallest absolute Gasteiger partial charge is 0.410 e. The second-order valence-corrected chi connectivity index (χ2v) is 7.18. The van der Waals surface area contributed by atoms with E-state index in [9.17, 15) is 9.59 Å². The molecule has 2 aliphatic heterocycles. The molecule has 0 radical (unpaired) electrons. The van der Waals surface area contributed by atoms with Crippen LogP contribution in [0, 0.1) is 0 Å². The summed E-state index contributed by atoms with van der Waals surface area (Å²) in [4.78, 5) is 27.2. The van der Waals surface area contributed by atoms with E-state index >= 15 is 0 Å². The first kappa shape index (κ1) is 15.6. The summed E-state index contributed by atoms with van der Waals surface area (Å²) in [6.07, 6.45) is 0.686. The highest BCUT2D eigenvalue weighted by atomic mass is 16.6. The van der Waals surface area contributed by atoms with Crippen molar-refractivity contribution in [2.24, 2.45) is 0 Å². The predicted molar refractivity (Wildman–Crippen MR) is 85.9 cm³/mol. The average Bonchev–Trinajstić information content (AvgIpc) is 3.05. The fourth-order valence-electron chi connectivity index (χ4n) is 3.32. The van der Waals surface area contributed by atoms with Crippen molar-refractivity contribution in [2.75, 3.05) is 18.0 Å². The van der Waals surface area contributed by atoms with Crippen molar-refractivity contribution in [1.29, 1.82) is 0 Å². The molecule has 2 aliphatic rings. The number of likely N-dealkylation sites (tertiary alicyclic amines) is 1. The molecular weight excluding hydrogens is 296 g/mol. The lowest BCUT2D eigenvalue weighted by Gasteiger charge is -2.36. The number of rotatable bonds is 2. The molecule has 2 unspecified atom stereocenters. The van der Waals surface area contributed by atoms with Gasteiger partial charge in [-0.2, -0.15) is 0 Å². The molecule has 1 N–H and O–H groups in total. The van der Waals surface area contributed by atoms with Crippen molar-refractivity contribution < 1.29 is 19.4 Å². The number of hydrogen-bond acceptors (Lipinski definition) is 4. The van der Waals surface area contributed by atoms with E-state index in [1.165, 1.54) is 0 Å². The van der Waals surface area contributed by atoms with Gasteiger partial charge in [-0.25, -0.2) is 9.59 Å². The van der Waals surface area contributed by atoms with Crippen LogP contribution >= 0.6 is 0 Å². The molecule has 2 bridgehead atoms. The van der Waals surface area contributed by atoms with Gasteiger partial charge in [0.25, 0.3) is 0 Å². The summed E-state index contributed by atoms with van der Waals surface area (Å²) in [6.45, 7) is 7.02. The minimum Gasteiger partial charge on any atom is -0.478 e. The molecule has 2 saturated heterocycles. The molecule has 0 saturated carbocycles. The Kier molecular flexibility index (Phi) is 3.70. The Labute approximate surface area is 135 Å². The van der Waals surface area contributed by atoms with Crippen LogP contribution in [0.15, 0.2) is 24.3 Å². The summed E-state index contributed by atoms with van der Waals surface area (Å²) < 4.78 is 5.46. The van der Waals surface area contributed by atoms with E-state index in [1.54, 1.807) is 12.1 Å². The van der Waals surface area contributed by atoms with Crippen LogP contribution in [-0.4, -0.2) is 52.8 Å². The lowest BCUT2D eigenvalue weighted by molar-refractivity contribution is 0.0214. The van der Waals surface area contributed by atoms with Gasteiger partial charge >= 0.3 is 12.1 Å². The fourth-order valence-corrected chi connectivity index (χ4v) is 3.32. The Morgan fingerprint density at radius 3 is 2.26 bits per heavy atom. The second kappa shape index (κ2) is 5.44. The van der Waals surface area contributed by atoms with Gasteiger partial charge in [-0.1, -0.05) is 0 Å². The number of piperazine rings is 1. The molecular formula is C17H22N2O4. The summed E-state index contributed by atoms with van der Waals surface area (Å²) in [6, 6.07) is 7.34. The first-order valence-electron chi connectivity index (χ1n) is 7.84. The number of anilines is 1. The zero-order valence-electron chi connectivity index (χ0n) is 13.7. The monoisotopic (exact) mass is 318 g/mol. The van der Waals surface area contributed by atoms with Crippen molar-refractivity contribution in [3.63, 3.8) is 0 Å². The maximum atomic E-state index is 12.2. The van der Waals surface area contributed by atoms with Gasteiger partial charge < -0.3 is 19.6 Å². The maximum Gasteiger partial charge on any atom is 0.410 e. The summed E-state index contributed by atoms with van der Waals surface area (Å²) in [5, 5.41) is 8.96. The first-order valence-corrected chi connectivity index (χ1v) is 7.84. The molecule has 0 spiro atoms. The van der Waals surface area contributed by atoms with E-state index in [-0.39, 0.29) is 23.7 Å². The van der Waals surface area contributed by atoms with Gasteiger partial charge in [0.2, 0.25) is 0 Å². The van der Waals surface area contributed by atoms with Crippen molar-refractivity contribution in [3.05, 3.63) is 29.8 Å². The zero-order chi connectivity index (χ0) is 16.8. The summed E-state index contributed by atoms with van der Waals surface area (Å²) in [5.74, 6) is -0.921. The van der Waals surface area contributed by atoms with Gasteiger partial charge in [-0.3, -0.25) is 0 Å². The Bertz CT molecular complexity index is 620. The van der Waals surface area contributed by atoms with Crippen molar-refractivity contribution in [3.8, 4) is 0 Å². The fraction of sp³-hybridized carbons (Fsp3) is 0.529. The van der Waals surface area contributed by atoms with E-state index in [2.05, 4.69) is 4.90 Å². The molecule has 3 rings (SSSR count). The quantitative estimate of drug-likeness (QED) is 0.907. The van der Waals surface area contributed by atoms with Crippen LogP contribution < -0.4 is 4.90 Å². The van der Waals surface area contributed by atoms with Crippen molar-refractivity contribution in [2.45, 2.75) is 44.9 Å². The Morgan fingerprint density at radius 1 is 1.13 bits per heavy atom. The minimum atomic E-state index is -0.921. The summed E-state index contributed by atoms with van der Waals surface area (Å²) in [5.41, 5.74) is 0.811. The summed E-state index contributed by atoms with van der Waals surface area (Å²) in [7, 11) is 0. The number of benzene rings is 1. The van der Waals surface area contributed by atoms with Gasteiger partial charge in [0.15, 0.2) is 0 Å². The molecule has 6 heteroatoms. The SMILES string of the molecule is CC(C)(C)OC(=O)N1CC2CC1CN2c1ccc(C(=O)O)cc1. The number of carbonyl (C=O) groups is 2. The van der Waals surface area contributed by atoms with E-state index in [0.29, 0.717) is 6.54 Å². The third kappa shape index (κ3) is 3.11. The lowest BCUT2D eigenvalue weighted by Crippen LogP contribution is -2.50. The number of carboxylic acid groups (broad SMARTS) is 1. The molecule has 1 amide bonds. The predicted octanol–water partition coefficient (Wildman–Crippen LogP) is 2.58. The number of carboxylic acids is 1. The van der Waals surface area contributed by atoms with Gasteiger partial charge in [0.05, 0.1) is 11.6 Å². The van der Waals surface area contributed by atoms with Crippen LogP contribution in [-0.2, 0) is 4.74 Å². The number of aromatic carboxylic acids is 1. The number of carbonyl (C=O) groups excluding carboxylic acids is 1. The standard InChI is InChI=1S/C17H22N2O4/c1-17(2,3)23-16(22)19-10-13-8-14(19)9-18(13)12-6-4-11(5-7-12)15(20)21/h4-7,13-14H,8-10H2,1-3H3,(H,20,21). The molecule has 124 valence electrons. The second-order valence-electron chi connectivity index (χ2n) is 7.18. The Balaban J connectivity index is 1.66. The van der Waals surface area contributed by atoms with Gasteiger partial charge in [-0.15, -0.1) is 0 Å². The van der Waals surface area contributed by atoms with E-state index in [0.717, 1.165) is 18.7 Å². The molecule has 6 nitrogen and oxygen atoms in total. The molecule has 0 aromatic heterocycles. The normalized spacial score (nSPS) is 23.3. The van der Waals surface area contributed by atoms with Crippen LogP contribution in [0.25, 0.3) is 0 Å². The van der Waals surface area contributed by atoms with Gasteiger partial charge in [0.1, 0.15) is 5.60 Å². The zero-order valence-corrected chi connectivity index (χ0v) is 13.7. The minimum absolute atomic E-state index is 0.161. The summed E-state index contributed by atoms with van der Waals surface area (Å²) >= 11 is 0. The van der Waals surface area contributed by atoms with Crippen LogP contribution in [0.2, 0.25) is 0 Å². The molecule has 1 aromatic rings. The average molecular weight is 318 g/mol. The number of nitrogens with zero attached hydrogens (tertiary/aromatic N) is 2. The van der Waals surface area contributed by atoms with Gasteiger partial charge in [0, 0.05) is 24.8 Å². The van der Waals surface area contributed by atoms with Crippen LogP contribution in [0.1, 0.15) is 37.6 Å². The van der Waals surface area contributed by atoms with Crippen molar-refractivity contribution >= 4 is 17.7 Å². The van der Waals surface area contributed by atoms with E-state index < -0.39 is 11.6 Å².